The number of H-pyrrole nitrogens is 1. The quantitative estimate of drug-likeness (QED) is 0.236. The summed E-state index contributed by atoms with van der Waals surface area (Å²) in [4.78, 5) is 27.9. The normalized spacial score (nSPS) is 17.8. The molecule has 2 aliphatic heterocycles. The van der Waals surface area contributed by atoms with E-state index in [-0.39, 0.29) is 25.6 Å². The third kappa shape index (κ3) is 4.11. The van der Waals surface area contributed by atoms with E-state index in [4.69, 9.17) is 0 Å². The number of hydrogen-bond acceptors (Lipinski definition) is 6. The molecule has 5 heterocycles. The molecule has 0 aliphatic carbocycles. The van der Waals surface area contributed by atoms with E-state index < -0.39 is 40.3 Å². The average Bonchev–Trinajstić information content (AvgIpc) is 3.61. The van der Waals surface area contributed by atoms with Crippen LogP contribution in [0.15, 0.2) is 37.1 Å². The molecular weight excluding hydrogens is 516 g/mol. The standard InChI is InChI=1S/C26H22F4N8O/c27-19-9-18(20(28)22(30)21(19)29)25(39)36-7-2-16(3-8-36)37-12-26(13-37,4-5-31)38-11-15(10-35-38)23-17-1-6-32-24(17)34-14-33-23/h1,6,9-11,14,16H,2-4,7-8,12-13H2,(H,32,33,34). The molecule has 6 rings (SSSR count). The van der Waals surface area contributed by atoms with E-state index in [1.807, 2.05) is 16.9 Å². The Labute approximate surface area is 219 Å². The van der Waals surface area contributed by atoms with E-state index in [1.54, 1.807) is 12.4 Å². The summed E-state index contributed by atoms with van der Waals surface area (Å²) < 4.78 is 56.5. The van der Waals surface area contributed by atoms with Crippen molar-refractivity contribution in [2.75, 3.05) is 26.2 Å². The van der Waals surface area contributed by atoms with Crippen molar-refractivity contribution in [2.45, 2.75) is 30.8 Å². The molecule has 1 N–H and O–H groups in total. The number of piperidine rings is 1. The van der Waals surface area contributed by atoms with Crippen LogP contribution in [-0.2, 0) is 5.54 Å². The fourth-order valence-corrected chi connectivity index (χ4v) is 5.59. The van der Waals surface area contributed by atoms with Gasteiger partial charge in [0.25, 0.3) is 5.91 Å². The van der Waals surface area contributed by atoms with Crippen LogP contribution in [-0.4, -0.2) is 72.7 Å². The molecule has 1 amide bonds. The van der Waals surface area contributed by atoms with Crippen LogP contribution in [0.3, 0.4) is 0 Å². The van der Waals surface area contributed by atoms with Crippen LogP contribution in [0, 0.1) is 34.6 Å². The second-order valence-corrected chi connectivity index (χ2v) is 9.97. The summed E-state index contributed by atoms with van der Waals surface area (Å²) in [7, 11) is 0. The molecule has 200 valence electrons. The van der Waals surface area contributed by atoms with E-state index in [0.29, 0.717) is 32.0 Å². The third-order valence-electron chi connectivity index (χ3n) is 7.70. The van der Waals surface area contributed by atoms with Gasteiger partial charge in [-0.25, -0.2) is 27.5 Å². The summed E-state index contributed by atoms with van der Waals surface area (Å²) in [5.41, 5.74) is 0.931. The number of aromatic nitrogens is 5. The van der Waals surface area contributed by atoms with Crippen LogP contribution in [0.2, 0.25) is 0 Å². The molecule has 0 atom stereocenters. The number of nitrogens with one attached hydrogen (secondary N) is 1. The summed E-state index contributed by atoms with van der Waals surface area (Å²) in [6, 6.07) is 4.66. The van der Waals surface area contributed by atoms with Gasteiger partial charge >= 0.3 is 0 Å². The Morgan fingerprint density at radius 2 is 1.90 bits per heavy atom. The van der Waals surface area contributed by atoms with Crippen LogP contribution in [0.5, 0.6) is 0 Å². The first-order valence-electron chi connectivity index (χ1n) is 12.4. The number of carbonyl (C=O) groups is 1. The number of carbonyl (C=O) groups excluding carboxylic acids is 1. The van der Waals surface area contributed by atoms with E-state index in [9.17, 15) is 27.6 Å². The maximum absolute atomic E-state index is 14.1. The van der Waals surface area contributed by atoms with Crippen molar-refractivity contribution in [1.29, 1.82) is 5.26 Å². The summed E-state index contributed by atoms with van der Waals surface area (Å²) in [5.74, 6) is -8.12. The van der Waals surface area contributed by atoms with Gasteiger partial charge in [0.15, 0.2) is 23.3 Å². The minimum absolute atomic E-state index is 0.101. The van der Waals surface area contributed by atoms with Gasteiger partial charge in [-0.1, -0.05) is 0 Å². The lowest BCUT2D eigenvalue weighted by Gasteiger charge is -2.53. The number of amides is 1. The van der Waals surface area contributed by atoms with Crippen molar-refractivity contribution in [1.82, 2.24) is 34.5 Å². The maximum Gasteiger partial charge on any atom is 0.257 e. The van der Waals surface area contributed by atoms with Crippen LogP contribution in [0.4, 0.5) is 17.6 Å². The first-order valence-corrected chi connectivity index (χ1v) is 12.4. The number of aromatic amines is 1. The van der Waals surface area contributed by atoms with Crippen LogP contribution in [0.25, 0.3) is 22.3 Å². The zero-order chi connectivity index (χ0) is 27.3. The minimum Gasteiger partial charge on any atom is -0.346 e. The first-order chi connectivity index (χ1) is 18.8. The second-order valence-electron chi connectivity index (χ2n) is 9.97. The van der Waals surface area contributed by atoms with Crippen molar-refractivity contribution in [2.24, 2.45) is 0 Å². The van der Waals surface area contributed by atoms with E-state index in [0.717, 1.165) is 22.3 Å². The Morgan fingerprint density at radius 3 is 2.64 bits per heavy atom. The maximum atomic E-state index is 14.1. The Balaban J connectivity index is 1.13. The van der Waals surface area contributed by atoms with Gasteiger partial charge in [0, 0.05) is 55.6 Å². The highest BCUT2D eigenvalue weighted by Gasteiger charge is 2.48. The number of likely N-dealkylation sites (tertiary alicyclic amines) is 2. The predicted molar refractivity (Wildman–Crippen MR) is 130 cm³/mol. The summed E-state index contributed by atoms with van der Waals surface area (Å²) in [5, 5.41) is 15.0. The van der Waals surface area contributed by atoms with Crippen molar-refractivity contribution in [3.63, 3.8) is 0 Å². The monoisotopic (exact) mass is 538 g/mol. The lowest BCUT2D eigenvalue weighted by molar-refractivity contribution is -0.0412. The topological polar surface area (TPSA) is 107 Å². The van der Waals surface area contributed by atoms with Crippen molar-refractivity contribution in [3.8, 4) is 17.3 Å². The Hall–Kier alpha value is -4.31. The Kier molecular flexibility index (Phi) is 6.06. The number of nitriles is 1. The molecule has 2 saturated heterocycles. The summed E-state index contributed by atoms with van der Waals surface area (Å²) in [6.45, 7) is 1.65. The third-order valence-corrected chi connectivity index (χ3v) is 7.70. The second kappa shape index (κ2) is 9.46. The van der Waals surface area contributed by atoms with Crippen LogP contribution >= 0.6 is 0 Å². The lowest BCUT2D eigenvalue weighted by atomic mass is 9.83. The van der Waals surface area contributed by atoms with Gasteiger partial charge in [0.05, 0.1) is 29.9 Å². The largest absolute Gasteiger partial charge is 0.346 e. The molecular formula is C26H22F4N8O. The molecule has 1 aromatic carbocycles. The molecule has 39 heavy (non-hydrogen) atoms. The molecule has 4 aromatic rings. The van der Waals surface area contributed by atoms with E-state index in [2.05, 4.69) is 31.0 Å². The molecule has 0 saturated carbocycles. The van der Waals surface area contributed by atoms with Gasteiger partial charge in [-0.15, -0.1) is 0 Å². The SMILES string of the molecule is N#CCC1(n2cc(-c3ncnc4[nH]ccc34)cn2)CN(C2CCN(C(=O)c3cc(F)c(F)c(F)c3F)CC2)C1. The molecule has 0 spiro atoms. The molecule has 3 aromatic heterocycles. The molecule has 2 aliphatic rings. The minimum atomic E-state index is -2.00. The number of benzene rings is 1. The van der Waals surface area contributed by atoms with E-state index >= 15 is 0 Å². The van der Waals surface area contributed by atoms with Crippen molar-refractivity contribution in [3.05, 3.63) is 65.9 Å². The fraction of sp³-hybridized carbons (Fsp3) is 0.346. The molecule has 0 unspecified atom stereocenters. The zero-order valence-electron chi connectivity index (χ0n) is 20.5. The van der Waals surface area contributed by atoms with Gasteiger partial charge in [-0.05, 0) is 25.0 Å². The molecule has 13 heteroatoms. The van der Waals surface area contributed by atoms with Gasteiger partial charge in [-0.3, -0.25) is 14.4 Å². The van der Waals surface area contributed by atoms with Gasteiger partial charge < -0.3 is 9.88 Å². The highest BCUT2D eigenvalue weighted by atomic mass is 19.2. The van der Waals surface area contributed by atoms with Crippen LogP contribution < -0.4 is 0 Å². The van der Waals surface area contributed by atoms with Gasteiger partial charge in [-0.2, -0.15) is 10.4 Å². The number of nitrogens with zero attached hydrogens (tertiary/aromatic N) is 7. The van der Waals surface area contributed by atoms with Crippen molar-refractivity contribution < 1.29 is 22.4 Å². The average molecular weight is 539 g/mol. The molecule has 2 fully saturated rings. The molecule has 0 radical (unpaired) electrons. The van der Waals surface area contributed by atoms with E-state index in [1.165, 1.54) is 11.2 Å². The van der Waals surface area contributed by atoms with Gasteiger partial charge in [0.2, 0.25) is 0 Å². The highest BCUT2D eigenvalue weighted by Crippen LogP contribution is 2.37. The lowest BCUT2D eigenvalue weighted by Crippen LogP contribution is -2.66. The zero-order valence-corrected chi connectivity index (χ0v) is 20.5. The number of hydrogen-bond donors (Lipinski definition) is 1. The van der Waals surface area contributed by atoms with Crippen molar-refractivity contribution >= 4 is 16.9 Å². The fourth-order valence-electron chi connectivity index (χ4n) is 5.59. The number of fused-ring (bicyclic) bond motifs is 1. The number of halogens is 4. The summed E-state index contributed by atoms with van der Waals surface area (Å²) >= 11 is 0. The van der Waals surface area contributed by atoms with Crippen LogP contribution in [0.1, 0.15) is 29.6 Å². The number of rotatable bonds is 5. The predicted octanol–water partition coefficient (Wildman–Crippen LogP) is 3.61. The molecule has 9 nitrogen and oxygen atoms in total. The Bertz CT molecular complexity index is 1610. The first kappa shape index (κ1) is 25.0. The smallest absolute Gasteiger partial charge is 0.257 e. The highest BCUT2D eigenvalue weighted by molar-refractivity contribution is 5.94. The summed E-state index contributed by atoms with van der Waals surface area (Å²) in [6.07, 6.45) is 8.25. The van der Waals surface area contributed by atoms with Gasteiger partial charge in [0.1, 0.15) is 17.5 Å². The molecule has 0 bridgehead atoms. The Morgan fingerprint density at radius 1 is 1.13 bits per heavy atom.